The van der Waals surface area contributed by atoms with Crippen molar-refractivity contribution >= 4 is 11.8 Å². The average molecular weight is 211 g/mol. The van der Waals surface area contributed by atoms with Crippen LogP contribution in [0.1, 0.15) is 33.6 Å². The Kier molecular flexibility index (Phi) is 3.14. The largest absolute Gasteiger partial charge is 0.476 e. The summed E-state index contributed by atoms with van der Waals surface area (Å²) in [6.45, 7) is 4.96. The van der Waals surface area contributed by atoms with E-state index >= 15 is 0 Å². The third-order valence-corrected chi connectivity index (χ3v) is 1.96. The van der Waals surface area contributed by atoms with Crippen LogP contribution in [0.3, 0.4) is 0 Å². The lowest BCUT2D eigenvalue weighted by Gasteiger charge is -2.16. The molecule has 0 spiro atoms. The first-order valence-electron chi connectivity index (χ1n) is 4.86. The van der Waals surface area contributed by atoms with Crippen LogP contribution >= 0.6 is 0 Å². The third-order valence-electron chi connectivity index (χ3n) is 1.96. The van der Waals surface area contributed by atoms with E-state index in [1.165, 1.54) is 13.8 Å². The summed E-state index contributed by atoms with van der Waals surface area (Å²) in [7, 11) is 0. The highest BCUT2D eigenvalue weighted by Crippen LogP contribution is 2.25. The number of nitrogens with zero attached hydrogens (tertiary/aromatic N) is 2. The molecule has 0 aromatic carbocycles. The van der Waals surface area contributed by atoms with Gasteiger partial charge in [-0.05, 0) is 20.3 Å². The summed E-state index contributed by atoms with van der Waals surface area (Å²) >= 11 is 0. The van der Waals surface area contributed by atoms with Crippen molar-refractivity contribution in [3.8, 4) is 0 Å². The molecule has 0 aliphatic carbocycles. The highest BCUT2D eigenvalue weighted by atomic mass is 16.4. The molecule has 1 aliphatic heterocycles. The van der Waals surface area contributed by atoms with Crippen LogP contribution in [0.5, 0.6) is 0 Å². The van der Waals surface area contributed by atoms with Crippen molar-refractivity contribution in [2.24, 2.45) is 4.99 Å². The lowest BCUT2D eigenvalue weighted by Crippen LogP contribution is -2.24. The molecule has 0 saturated carbocycles. The molecule has 15 heavy (non-hydrogen) atoms. The number of aliphatic hydroxyl groups is 1. The van der Waals surface area contributed by atoms with Crippen molar-refractivity contribution in [3.63, 3.8) is 0 Å². The summed E-state index contributed by atoms with van der Waals surface area (Å²) in [6.07, 6.45) is 1.46. The topological polar surface area (TPSA) is 84.0 Å². The number of aliphatic carboxylic acids is 1. The molecule has 0 unspecified atom stereocenters. The molecule has 1 radical (unpaired) electrons. The molecule has 1 aliphatic rings. The summed E-state index contributed by atoms with van der Waals surface area (Å²) in [5.74, 6) is -0.672. The van der Waals surface area contributed by atoms with E-state index in [-0.39, 0.29) is 11.4 Å². The van der Waals surface area contributed by atoms with E-state index in [1.807, 2.05) is 6.92 Å². The van der Waals surface area contributed by atoms with Gasteiger partial charge in [-0.2, -0.15) is 0 Å². The molecule has 83 valence electrons. The number of hydrogen-bond donors (Lipinski definition) is 2. The number of carboxylic acids is 1. The summed E-state index contributed by atoms with van der Waals surface area (Å²) in [5.41, 5.74) is -1.28. The summed E-state index contributed by atoms with van der Waals surface area (Å²) < 4.78 is 0. The quantitative estimate of drug-likeness (QED) is 0.723. The number of rotatable bonds is 4. The van der Waals surface area contributed by atoms with E-state index < -0.39 is 11.6 Å². The van der Waals surface area contributed by atoms with Gasteiger partial charge in [0.2, 0.25) is 0 Å². The molecule has 0 aromatic rings. The van der Waals surface area contributed by atoms with Crippen molar-refractivity contribution in [1.29, 1.82) is 0 Å². The van der Waals surface area contributed by atoms with Crippen LogP contribution in [-0.2, 0) is 4.79 Å². The first-order chi connectivity index (χ1) is 6.86. The molecule has 1 rings (SSSR count). The molecular formula is C10H15N2O3. The molecule has 0 fully saturated rings. The number of carbonyl (C=O) groups is 1. The Labute approximate surface area is 88.5 Å². The van der Waals surface area contributed by atoms with E-state index in [9.17, 15) is 9.90 Å². The van der Waals surface area contributed by atoms with Crippen molar-refractivity contribution in [3.05, 3.63) is 11.4 Å². The van der Waals surface area contributed by atoms with E-state index in [1.54, 1.807) is 0 Å². The Bertz CT molecular complexity index is 337. The summed E-state index contributed by atoms with van der Waals surface area (Å²) in [6, 6.07) is 0. The SMILES string of the molecule is CCCC1=NC(C(C)(C)O)=C(C(=O)O)[N]1. The lowest BCUT2D eigenvalue weighted by molar-refractivity contribution is -0.133. The predicted octanol–water partition coefficient (Wildman–Crippen LogP) is 0.870. The second-order valence-corrected chi connectivity index (χ2v) is 3.95. The van der Waals surface area contributed by atoms with Gasteiger partial charge in [0.1, 0.15) is 17.1 Å². The fraction of sp³-hybridized carbons (Fsp3) is 0.600. The van der Waals surface area contributed by atoms with E-state index in [2.05, 4.69) is 10.3 Å². The smallest absolute Gasteiger partial charge is 0.356 e. The number of aliphatic imine (C=N–C) groups is 1. The van der Waals surface area contributed by atoms with Crippen molar-refractivity contribution in [2.75, 3.05) is 0 Å². The van der Waals surface area contributed by atoms with E-state index in [0.717, 1.165) is 6.42 Å². The van der Waals surface area contributed by atoms with Gasteiger partial charge in [0.05, 0.1) is 0 Å². The van der Waals surface area contributed by atoms with Crippen LogP contribution in [0.4, 0.5) is 0 Å². The second kappa shape index (κ2) is 4.02. The van der Waals surface area contributed by atoms with Gasteiger partial charge in [0.15, 0.2) is 5.70 Å². The zero-order valence-electron chi connectivity index (χ0n) is 9.11. The Balaban J connectivity index is 3.00. The van der Waals surface area contributed by atoms with Crippen molar-refractivity contribution in [1.82, 2.24) is 5.32 Å². The highest BCUT2D eigenvalue weighted by Gasteiger charge is 2.33. The highest BCUT2D eigenvalue weighted by molar-refractivity contribution is 5.99. The van der Waals surface area contributed by atoms with Gasteiger partial charge in [-0.15, -0.1) is 0 Å². The molecule has 5 nitrogen and oxygen atoms in total. The molecule has 2 N–H and O–H groups in total. The first kappa shape index (κ1) is 11.7. The summed E-state index contributed by atoms with van der Waals surface area (Å²) in [5, 5.41) is 22.5. The molecule has 0 aromatic heterocycles. The van der Waals surface area contributed by atoms with Crippen LogP contribution in [0.2, 0.25) is 0 Å². The van der Waals surface area contributed by atoms with Crippen LogP contribution in [0.25, 0.3) is 0 Å². The molecule has 0 saturated heterocycles. The van der Waals surface area contributed by atoms with E-state index in [0.29, 0.717) is 12.3 Å². The van der Waals surface area contributed by atoms with Gasteiger partial charge in [-0.1, -0.05) is 6.92 Å². The summed E-state index contributed by atoms with van der Waals surface area (Å²) in [4.78, 5) is 14.9. The van der Waals surface area contributed by atoms with Gasteiger partial charge in [-0.25, -0.2) is 15.1 Å². The van der Waals surface area contributed by atoms with Gasteiger partial charge >= 0.3 is 5.97 Å². The number of amidine groups is 1. The van der Waals surface area contributed by atoms with Crippen LogP contribution < -0.4 is 5.32 Å². The third kappa shape index (κ3) is 2.56. The van der Waals surface area contributed by atoms with Crippen molar-refractivity contribution < 1.29 is 15.0 Å². The maximum atomic E-state index is 10.9. The molecule has 5 heteroatoms. The molecule has 0 atom stereocenters. The zero-order valence-corrected chi connectivity index (χ0v) is 9.11. The predicted molar refractivity (Wildman–Crippen MR) is 55.4 cm³/mol. The monoisotopic (exact) mass is 211 g/mol. The Morgan fingerprint density at radius 2 is 2.07 bits per heavy atom. The Morgan fingerprint density at radius 3 is 2.40 bits per heavy atom. The lowest BCUT2D eigenvalue weighted by atomic mass is 10.0. The van der Waals surface area contributed by atoms with Crippen LogP contribution in [-0.4, -0.2) is 27.6 Å². The minimum Gasteiger partial charge on any atom is -0.476 e. The minimum atomic E-state index is -1.27. The zero-order chi connectivity index (χ0) is 11.6. The normalized spacial score (nSPS) is 16.4. The van der Waals surface area contributed by atoms with Gasteiger partial charge in [0, 0.05) is 6.42 Å². The van der Waals surface area contributed by atoms with E-state index in [4.69, 9.17) is 5.11 Å². The Morgan fingerprint density at radius 1 is 1.47 bits per heavy atom. The first-order valence-corrected chi connectivity index (χ1v) is 4.86. The van der Waals surface area contributed by atoms with Crippen LogP contribution in [0.15, 0.2) is 16.4 Å². The molecular weight excluding hydrogens is 196 g/mol. The van der Waals surface area contributed by atoms with Gasteiger partial charge < -0.3 is 10.2 Å². The fourth-order valence-corrected chi connectivity index (χ4v) is 1.30. The minimum absolute atomic E-state index is 0.137. The van der Waals surface area contributed by atoms with Crippen LogP contribution in [0, 0.1) is 0 Å². The molecule has 1 heterocycles. The van der Waals surface area contributed by atoms with Crippen molar-refractivity contribution in [2.45, 2.75) is 39.2 Å². The van der Waals surface area contributed by atoms with Gasteiger partial charge in [0.25, 0.3) is 0 Å². The maximum Gasteiger partial charge on any atom is 0.356 e. The number of carboxylic acid groups (broad SMARTS) is 1. The maximum absolute atomic E-state index is 10.9. The standard InChI is InChI=1S/C10H15N2O3/c1-4-5-6-11-7(9(13)14)8(12-6)10(2,3)15/h15H,4-5H2,1-3H3,(H,13,14). The molecule has 0 bridgehead atoms. The average Bonchev–Trinajstić information content (AvgIpc) is 2.48. The Hall–Kier alpha value is -1.36. The number of hydrogen-bond acceptors (Lipinski definition) is 3. The fourth-order valence-electron chi connectivity index (χ4n) is 1.30. The molecule has 0 amide bonds. The van der Waals surface area contributed by atoms with Gasteiger partial charge in [-0.3, -0.25) is 0 Å². The second-order valence-electron chi connectivity index (χ2n) is 3.95.